The molecule has 0 radical (unpaired) electrons. The van der Waals surface area contributed by atoms with Gasteiger partial charge in [-0.15, -0.1) is 0 Å². The molecule has 0 amide bonds. The van der Waals surface area contributed by atoms with E-state index in [1.165, 1.54) is 11.3 Å². The van der Waals surface area contributed by atoms with Gasteiger partial charge in [0.05, 0.1) is 21.4 Å². The molecule has 0 atom stereocenters. The summed E-state index contributed by atoms with van der Waals surface area (Å²) in [6, 6.07) is 13.4. The third-order valence-electron chi connectivity index (χ3n) is 4.06. The van der Waals surface area contributed by atoms with Crippen LogP contribution < -0.4 is 5.73 Å². The minimum Gasteiger partial charge on any atom is -0.387 e. The molecule has 3 rings (SSSR count). The number of rotatable bonds is 3. The van der Waals surface area contributed by atoms with E-state index in [4.69, 9.17) is 28.9 Å². The molecule has 0 unspecified atom stereocenters. The van der Waals surface area contributed by atoms with Crippen molar-refractivity contribution in [2.45, 2.75) is 34.1 Å². The van der Waals surface area contributed by atoms with Crippen molar-refractivity contribution in [3.8, 4) is 0 Å². The lowest BCUT2D eigenvalue weighted by molar-refractivity contribution is 0.871. The Morgan fingerprint density at radius 2 is 1.65 bits per heavy atom. The zero-order valence-corrected chi connectivity index (χ0v) is 17.1. The Balaban J connectivity index is 0.000000187. The summed E-state index contributed by atoms with van der Waals surface area (Å²) in [5.41, 5.74) is 9.92. The topological polar surface area (TPSA) is 50.7 Å². The first-order chi connectivity index (χ1) is 12.3. The first kappa shape index (κ1) is 20.5. The van der Waals surface area contributed by atoms with Crippen LogP contribution in [0.2, 0.25) is 10.0 Å². The molecule has 1 heterocycles. The van der Waals surface area contributed by atoms with Crippen molar-refractivity contribution in [1.29, 1.82) is 0 Å². The minimum atomic E-state index is 0.247. The first-order valence-corrected chi connectivity index (χ1v) is 9.48. The van der Waals surface area contributed by atoms with E-state index in [0.29, 0.717) is 16.8 Å². The largest absolute Gasteiger partial charge is 0.387 e. The smallest absolute Gasteiger partial charge is 0.102 e. The molecule has 138 valence electrons. The van der Waals surface area contributed by atoms with Gasteiger partial charge >= 0.3 is 0 Å². The van der Waals surface area contributed by atoms with E-state index in [1.54, 1.807) is 6.07 Å². The molecule has 5 heteroatoms. The second kappa shape index (κ2) is 9.20. The van der Waals surface area contributed by atoms with Crippen LogP contribution in [0.5, 0.6) is 0 Å². The maximum Gasteiger partial charge on any atom is 0.102 e. The number of aliphatic imine (C=N–C) groups is 2. The Hall–Kier alpha value is -1.84. The van der Waals surface area contributed by atoms with Crippen LogP contribution in [0.4, 0.5) is 11.4 Å². The molecule has 0 saturated heterocycles. The van der Waals surface area contributed by atoms with E-state index >= 15 is 0 Å². The van der Waals surface area contributed by atoms with Gasteiger partial charge in [0, 0.05) is 18.1 Å². The minimum absolute atomic E-state index is 0.247. The lowest BCUT2D eigenvalue weighted by atomic mass is 10.0. The number of hydrogen-bond acceptors (Lipinski definition) is 2. The highest BCUT2D eigenvalue weighted by Gasteiger charge is 2.18. The van der Waals surface area contributed by atoms with Gasteiger partial charge in [-0.05, 0) is 29.7 Å². The predicted molar refractivity (Wildman–Crippen MR) is 115 cm³/mol. The molecule has 0 bridgehead atoms. The second-order valence-electron chi connectivity index (χ2n) is 6.82. The lowest BCUT2D eigenvalue weighted by Crippen LogP contribution is -2.18. The zero-order valence-electron chi connectivity index (χ0n) is 15.6. The summed E-state index contributed by atoms with van der Waals surface area (Å²) in [6.07, 6.45) is 0.966. The van der Waals surface area contributed by atoms with Crippen molar-refractivity contribution in [3.63, 3.8) is 0 Å². The molecule has 2 N–H and O–H groups in total. The van der Waals surface area contributed by atoms with Gasteiger partial charge in [0.2, 0.25) is 0 Å². The fourth-order valence-electron chi connectivity index (χ4n) is 2.35. The Labute approximate surface area is 166 Å². The number of nitrogens with two attached hydrogens (primary N) is 1. The second-order valence-corrected chi connectivity index (χ2v) is 7.64. The number of hydrogen-bond donors (Lipinski definition) is 1. The van der Waals surface area contributed by atoms with Crippen molar-refractivity contribution in [3.05, 3.63) is 58.1 Å². The van der Waals surface area contributed by atoms with Crippen molar-refractivity contribution in [2.24, 2.45) is 27.6 Å². The SMILES string of the molecule is CC(C)C(N)=Nc1ccccc1Cl.CC(C)C1=Nc2c(Cl)cccc2C1. The number of amidine groups is 1. The molecule has 1 aliphatic rings. The Kier molecular flexibility index (Phi) is 7.24. The average molecular weight is 390 g/mol. The number of fused-ring (bicyclic) bond motifs is 1. The number of nitrogens with zero attached hydrogens (tertiary/aromatic N) is 2. The molecule has 2 aromatic carbocycles. The number of benzene rings is 2. The molecule has 2 aromatic rings. The summed E-state index contributed by atoms with van der Waals surface area (Å²) in [6.45, 7) is 8.32. The maximum absolute atomic E-state index is 6.03. The Morgan fingerprint density at radius 3 is 2.23 bits per heavy atom. The highest BCUT2D eigenvalue weighted by atomic mass is 35.5. The van der Waals surface area contributed by atoms with Crippen molar-refractivity contribution in [2.75, 3.05) is 0 Å². The standard InChI is InChI=1S/C11H12ClN.C10H13ClN2/c1-7(2)10-6-8-4-3-5-9(12)11(8)13-10;1-7(2)10(12)13-9-6-4-3-5-8(9)11/h3-5,7H,6H2,1-2H3;3-7H,1-2H3,(H2,12,13). The van der Waals surface area contributed by atoms with Gasteiger partial charge in [-0.25, -0.2) is 4.99 Å². The summed E-state index contributed by atoms with van der Waals surface area (Å²) in [5, 5.41) is 1.40. The van der Waals surface area contributed by atoms with Gasteiger partial charge in [0.25, 0.3) is 0 Å². The molecule has 1 aliphatic heterocycles. The van der Waals surface area contributed by atoms with Gasteiger partial charge in [0.1, 0.15) is 5.84 Å². The van der Waals surface area contributed by atoms with Crippen molar-refractivity contribution < 1.29 is 0 Å². The summed E-state index contributed by atoms with van der Waals surface area (Å²) < 4.78 is 0. The molecule has 3 nitrogen and oxygen atoms in total. The van der Waals surface area contributed by atoms with Crippen LogP contribution in [0.15, 0.2) is 52.4 Å². The number of para-hydroxylation sites is 2. The third kappa shape index (κ3) is 5.33. The van der Waals surface area contributed by atoms with Crippen LogP contribution in [0.1, 0.15) is 33.3 Å². The van der Waals surface area contributed by atoms with E-state index in [2.05, 4.69) is 29.9 Å². The molecule has 0 aromatic heterocycles. The molecule has 0 saturated carbocycles. The summed E-state index contributed by atoms with van der Waals surface area (Å²) >= 11 is 11.9. The van der Waals surface area contributed by atoms with Crippen LogP contribution >= 0.6 is 23.2 Å². The van der Waals surface area contributed by atoms with Crippen LogP contribution in [0.3, 0.4) is 0 Å². The van der Waals surface area contributed by atoms with E-state index in [-0.39, 0.29) is 5.92 Å². The Bertz CT molecular complexity index is 824. The van der Waals surface area contributed by atoms with Crippen molar-refractivity contribution in [1.82, 2.24) is 0 Å². The normalized spacial score (nSPS) is 13.4. The first-order valence-electron chi connectivity index (χ1n) is 8.73. The molecule has 0 aliphatic carbocycles. The molecular weight excluding hydrogens is 365 g/mol. The summed E-state index contributed by atoms with van der Waals surface area (Å²) in [7, 11) is 0. The van der Waals surface area contributed by atoms with Crippen LogP contribution in [0.25, 0.3) is 0 Å². The van der Waals surface area contributed by atoms with Gasteiger partial charge in [-0.2, -0.15) is 0 Å². The number of halogens is 2. The van der Waals surface area contributed by atoms with E-state index in [0.717, 1.165) is 22.8 Å². The lowest BCUT2D eigenvalue weighted by Gasteiger charge is -2.04. The van der Waals surface area contributed by atoms with E-state index < -0.39 is 0 Å². The van der Waals surface area contributed by atoms with E-state index in [1.807, 2.05) is 44.2 Å². The molecule has 26 heavy (non-hydrogen) atoms. The van der Waals surface area contributed by atoms with Crippen LogP contribution in [-0.4, -0.2) is 11.5 Å². The fraction of sp³-hybridized carbons (Fsp3) is 0.333. The fourth-order valence-corrected chi connectivity index (χ4v) is 2.76. The zero-order chi connectivity index (χ0) is 19.3. The van der Waals surface area contributed by atoms with Crippen LogP contribution in [0, 0.1) is 11.8 Å². The van der Waals surface area contributed by atoms with Crippen molar-refractivity contribution >= 4 is 46.1 Å². The summed E-state index contributed by atoms with van der Waals surface area (Å²) in [5.74, 6) is 1.37. The maximum atomic E-state index is 6.03. The average Bonchev–Trinajstić information content (AvgIpc) is 3.03. The molecule has 0 spiro atoms. The van der Waals surface area contributed by atoms with E-state index in [9.17, 15) is 0 Å². The van der Waals surface area contributed by atoms with Gasteiger partial charge in [-0.3, -0.25) is 4.99 Å². The third-order valence-corrected chi connectivity index (χ3v) is 4.68. The quantitative estimate of drug-likeness (QED) is 0.465. The summed E-state index contributed by atoms with van der Waals surface area (Å²) in [4.78, 5) is 8.76. The molecule has 0 fully saturated rings. The monoisotopic (exact) mass is 389 g/mol. The highest BCUT2D eigenvalue weighted by molar-refractivity contribution is 6.33. The van der Waals surface area contributed by atoms with Crippen LogP contribution in [-0.2, 0) is 6.42 Å². The molecular formula is C21H25Cl2N3. The van der Waals surface area contributed by atoms with Gasteiger partial charge in [0.15, 0.2) is 0 Å². The van der Waals surface area contributed by atoms with Gasteiger partial charge in [-0.1, -0.05) is 75.2 Å². The van der Waals surface area contributed by atoms with Gasteiger partial charge < -0.3 is 5.73 Å². The predicted octanol–water partition coefficient (Wildman–Crippen LogP) is 6.61. The highest BCUT2D eigenvalue weighted by Crippen LogP contribution is 2.35. The Morgan fingerprint density at radius 1 is 1.00 bits per heavy atom.